The molecule has 0 radical (unpaired) electrons. The van der Waals surface area contributed by atoms with Crippen molar-refractivity contribution in [2.24, 2.45) is 17.8 Å². The van der Waals surface area contributed by atoms with Gasteiger partial charge in [0.15, 0.2) is 86.9 Å². The Kier molecular flexibility index (Phi) is 59.0. The molecule has 2 bridgehead atoms. The van der Waals surface area contributed by atoms with Gasteiger partial charge in [0.25, 0.3) is 0 Å². The largest absolute Gasteiger partial charge is 0.462 e. The Morgan fingerprint density at radius 1 is 0.408 bits per heavy atom. The van der Waals surface area contributed by atoms with Gasteiger partial charge in [0.1, 0.15) is 18.8 Å². The molecule has 0 aromatic heterocycles. The lowest BCUT2D eigenvalue weighted by atomic mass is 9.82. The number of aliphatic hydroxyl groups excluding tert-OH is 1. The molecule has 0 unspecified atom stereocenters. The fraction of sp³-hybridized carbons (Fsp3) is 0.748. The highest BCUT2D eigenvalue weighted by Gasteiger charge is 2.57. The molecular weight excluding hydrogens is 1980 g/mol. The van der Waals surface area contributed by atoms with E-state index >= 15 is 9.59 Å². The van der Waals surface area contributed by atoms with E-state index in [9.17, 15) is 5.11 Å². The summed E-state index contributed by atoms with van der Waals surface area (Å²) >= 11 is 0. The number of cyclic esters (lactones) is 1. The summed E-state index contributed by atoms with van der Waals surface area (Å²) in [5.74, 6) is -2.30. The van der Waals surface area contributed by atoms with Gasteiger partial charge in [-0.1, -0.05) is 347 Å². The van der Waals surface area contributed by atoms with E-state index in [2.05, 4.69) is 311 Å². The molecule has 2 saturated heterocycles. The van der Waals surface area contributed by atoms with Crippen LogP contribution in [0.1, 0.15) is 283 Å². The number of nitrogens with one attached hydrogen (secondary N) is 1. The van der Waals surface area contributed by atoms with Crippen molar-refractivity contribution in [3.05, 3.63) is 157 Å². The summed E-state index contributed by atoms with van der Waals surface area (Å²) in [7, 11) is -20.6. The van der Waals surface area contributed by atoms with Gasteiger partial charge < -0.3 is 78.7 Å². The molecule has 2 aromatic carbocycles. The molecule has 0 saturated carbocycles. The van der Waals surface area contributed by atoms with E-state index in [1.54, 1.807) is 0 Å². The highest BCUT2D eigenvalue weighted by Crippen LogP contribution is 2.50. The fourth-order valence-corrected chi connectivity index (χ4v) is 50.3. The van der Waals surface area contributed by atoms with Crippen LogP contribution in [0, 0.1) is 17.8 Å². The van der Waals surface area contributed by atoms with Crippen molar-refractivity contribution in [2.75, 3.05) is 20.3 Å². The topological polar surface area (TPSA) is 205 Å². The quantitative estimate of drug-likeness (QED) is 0.0359. The maximum Gasteiger partial charge on any atom is 0.407 e. The minimum Gasteiger partial charge on any atom is -0.462 e. The molecule has 6 rings (SSSR count). The minimum atomic E-state index is -2.69. The molecule has 840 valence electrons. The molecule has 147 heavy (non-hydrogen) atoms. The normalized spacial score (nSPS) is 26.7. The highest BCUT2D eigenvalue weighted by molar-refractivity contribution is 6.77. The van der Waals surface area contributed by atoms with Crippen molar-refractivity contribution in [3.8, 4) is 11.1 Å². The number of allylic oxidation sites excluding steroid dienone is 12. The lowest BCUT2D eigenvalue weighted by molar-refractivity contribution is -0.312. The maximum absolute atomic E-state index is 15.6. The van der Waals surface area contributed by atoms with Crippen LogP contribution in [-0.2, 0) is 73.0 Å². The Balaban J connectivity index is 1.76. The zero-order chi connectivity index (χ0) is 109. The Morgan fingerprint density at radius 2 is 0.782 bits per heavy atom. The van der Waals surface area contributed by atoms with Crippen molar-refractivity contribution in [1.29, 1.82) is 0 Å². The van der Waals surface area contributed by atoms with Crippen molar-refractivity contribution >= 4 is 86.9 Å². The third-order valence-corrected chi connectivity index (χ3v) is 79.0. The van der Waals surface area contributed by atoms with Gasteiger partial charge in [0.05, 0.1) is 80.1 Å². The first-order valence-corrected chi connectivity index (χ1v) is 82.2. The van der Waals surface area contributed by atoms with Crippen LogP contribution >= 0.6 is 0 Å². The zero-order valence-corrected chi connectivity index (χ0v) is 108. The minimum absolute atomic E-state index is 0.0120. The van der Waals surface area contributed by atoms with E-state index in [4.69, 9.17) is 68.3 Å². The third-order valence-electron chi connectivity index (χ3n) is 37.0. The van der Waals surface area contributed by atoms with Gasteiger partial charge in [-0.15, -0.1) is 0 Å². The van der Waals surface area contributed by atoms with E-state index in [-0.39, 0.29) is 68.1 Å². The van der Waals surface area contributed by atoms with Crippen LogP contribution in [0.15, 0.2) is 146 Å². The predicted octanol–water partition coefficient (Wildman–Crippen LogP) is 32.7. The molecule has 19 atom stereocenters. The Morgan fingerprint density at radius 3 is 1.21 bits per heavy atom. The molecule has 2 aromatic rings. The first-order valence-electron chi connectivity index (χ1n) is 59.4. The molecule has 3 heterocycles. The molecule has 3 aliphatic heterocycles. The van der Waals surface area contributed by atoms with Gasteiger partial charge in [-0.25, -0.2) is 4.79 Å². The molecule has 28 heteroatoms. The summed E-state index contributed by atoms with van der Waals surface area (Å²) in [5.41, 5.74) is 4.56. The fourth-order valence-electron chi connectivity index (χ4n) is 24.2. The number of rotatable bonds is 53. The number of methoxy groups -OCH3 is 1. The SMILES string of the molecule is CC[Si](CC)(CC)O[C@@H]1CC[C@@H](O[Si](CC)(CC)CC)[C@H](O[Si](CC)(CC)CC)C[C@H](O[Si](CC)(CC)CC)C[C@]2(OC)C[C@H](O[Si](CC)(CC)CC)[C@@H](/C=C/CO)[C@H](C[C@@H](O[C@@H]3O[C@H](C)[C@@H](O[Si](CC)(CC)CC)[C@H](NC(=O)OCC4c5ccccc5-c5ccccc54)[C@@H]3O[Si](CC)(CC)CC)C=CC=CC=CC=CC=CC=CC=C[C@H](C)[C@@H](O[Si](CC)(CC)CC)[C@@H](C)[C@H](C)OC(=O)C[C@H](O[Si](CC)(CC)CC)C1)O2. The highest BCUT2D eigenvalue weighted by atomic mass is 28.4. The van der Waals surface area contributed by atoms with Crippen LogP contribution in [0.4, 0.5) is 4.79 Å². The number of fused-ring (bicyclic) bond motifs is 5. The van der Waals surface area contributed by atoms with Gasteiger partial charge >= 0.3 is 12.1 Å². The van der Waals surface area contributed by atoms with Crippen LogP contribution in [0.3, 0.4) is 0 Å². The van der Waals surface area contributed by atoms with Crippen LogP contribution in [0.25, 0.3) is 11.1 Å². The second-order valence-electron chi connectivity index (χ2n) is 43.5. The number of benzene rings is 2. The maximum atomic E-state index is 15.6. The summed E-state index contributed by atoms with van der Waals surface area (Å²) in [4.78, 5) is 31.2. The number of amides is 1. The molecular formula is C119H215NO18Si9. The Hall–Kier alpha value is -3.51. The Labute approximate surface area is 907 Å². The molecule has 0 spiro atoms. The second kappa shape index (κ2) is 65.6. The smallest absolute Gasteiger partial charge is 0.407 e. The van der Waals surface area contributed by atoms with E-state index in [0.717, 1.165) is 185 Å². The van der Waals surface area contributed by atoms with Crippen molar-refractivity contribution < 1.29 is 83.0 Å². The summed E-state index contributed by atoms with van der Waals surface area (Å²) in [6.07, 6.45) is 28.2. The summed E-state index contributed by atoms with van der Waals surface area (Å²) in [5, 5.41) is 14.8. The molecule has 2 fully saturated rings. The van der Waals surface area contributed by atoms with Gasteiger partial charge in [0.2, 0.25) is 0 Å². The average Bonchev–Trinajstić information content (AvgIpc) is 1.60. The average molecular weight is 2200 g/mol. The molecule has 4 aliphatic rings. The number of esters is 1. The van der Waals surface area contributed by atoms with Crippen LogP contribution in [-0.4, -0.2) is 210 Å². The van der Waals surface area contributed by atoms with Crippen molar-refractivity contribution in [2.45, 2.75) is 533 Å². The van der Waals surface area contributed by atoms with Crippen molar-refractivity contribution in [3.63, 3.8) is 0 Å². The number of ether oxygens (including phenoxy) is 6. The monoisotopic (exact) mass is 2200 g/mol. The molecule has 19 nitrogen and oxygen atoms in total. The van der Waals surface area contributed by atoms with Gasteiger partial charge in [0, 0.05) is 50.2 Å². The zero-order valence-electron chi connectivity index (χ0n) is 98.9. The van der Waals surface area contributed by atoms with Crippen molar-refractivity contribution in [1.82, 2.24) is 5.32 Å². The lowest BCUT2D eigenvalue weighted by Gasteiger charge is -2.52. The van der Waals surface area contributed by atoms with E-state index in [0.29, 0.717) is 38.5 Å². The van der Waals surface area contributed by atoms with E-state index < -0.39 is 166 Å². The van der Waals surface area contributed by atoms with Crippen LogP contribution < -0.4 is 5.32 Å². The number of carbonyl (C=O) groups excluding carboxylic acids is 2. The first-order chi connectivity index (χ1) is 70.5. The number of hydrogen-bond donors (Lipinski definition) is 2. The lowest BCUT2D eigenvalue weighted by Crippen LogP contribution is -2.69. The van der Waals surface area contributed by atoms with Gasteiger partial charge in [-0.05, 0) is 231 Å². The first kappa shape index (κ1) is 132. The molecule has 1 aliphatic carbocycles. The number of hydrogen-bond acceptors (Lipinski definition) is 18. The summed E-state index contributed by atoms with van der Waals surface area (Å²) in [6, 6.07) is 41.0. The molecule has 1 amide bonds. The summed E-state index contributed by atoms with van der Waals surface area (Å²) < 4.78 is 118. The standard InChI is InChI=1S/C119H215NO18Si9/c1-33-139(34-2,35-3)130-99-84-85-108(133-142(42-10,43-11)44-12)110(134-143(45-13,46-14)47-15)89-101(132-141(39-7,40-8)41-9)91-119(124-32)92-111(135-144(48-16,49-17)50-18)106(83-76-86-121)109(129-119)88-98(78-71-69-67-65-63-61-60-62-64-66-68-70-77-94(28)114(136-145(51-19,52-20)53-21)95(29)96(30)126-112(122)90-100(87-99)131-140(36-4,37-5)38-6)128-117-116(138-147(57-25,58-26)59-27)113(115(97(31)127-117)137-146(54-22,55-23)56-24)120-118(123)125-93-107-104-81-74-72-79-102(104)103-80-73-75-82-105(103)107/h60-83,94-101,106-111,113-117,121H,33-59,84-93H2,1-32H3,(H,120,123)/b61-60?,64-62?,65-63?,68-66?,69-67?,77-70?,78-71?,83-76+/t94-,95-,96-,97+,98-,99+,100+,101-,106-,108+,109-,110+,111-,113-,114+,115+,116-,117-,119+/m0/s1. The number of aliphatic hydroxyl groups is 1. The number of alkyl carbamates (subject to hydrolysis) is 1. The number of carbonyl (C=O) groups is 2. The predicted molar refractivity (Wildman–Crippen MR) is 639 cm³/mol. The van der Waals surface area contributed by atoms with Gasteiger partial charge in [-0.2, -0.15) is 0 Å². The van der Waals surface area contributed by atoms with E-state index in [1.807, 2.05) is 61.8 Å². The third kappa shape index (κ3) is 36.5. The summed E-state index contributed by atoms with van der Waals surface area (Å²) in [6.45, 7) is 71.0. The molecule has 2 N–H and O–H groups in total. The van der Waals surface area contributed by atoms with Gasteiger partial charge in [-0.3, -0.25) is 4.79 Å². The van der Waals surface area contributed by atoms with Crippen LogP contribution in [0.5, 0.6) is 0 Å². The Bertz CT molecular complexity index is 4160. The van der Waals surface area contributed by atoms with Crippen LogP contribution in [0.2, 0.25) is 163 Å². The second-order valence-corrected chi connectivity index (χ2v) is 86.0. The van der Waals surface area contributed by atoms with E-state index in [1.165, 1.54) is 0 Å².